The number of benzene rings is 1. The molecule has 1 saturated carbocycles. The minimum absolute atomic E-state index is 0.0660. The van der Waals surface area contributed by atoms with Gasteiger partial charge in [-0.1, -0.05) is 6.07 Å². The number of carbonyl (C=O) groups excluding carboxylic acids is 1. The average Bonchev–Trinajstić information content (AvgIpc) is 3.34. The molecule has 5 rings (SSSR count). The van der Waals surface area contributed by atoms with E-state index in [1.54, 1.807) is 18.2 Å². The van der Waals surface area contributed by atoms with Gasteiger partial charge in [0, 0.05) is 56.3 Å². The van der Waals surface area contributed by atoms with Crippen molar-refractivity contribution in [2.24, 2.45) is 0 Å². The lowest BCUT2D eigenvalue weighted by molar-refractivity contribution is 0.0957. The predicted octanol–water partition coefficient (Wildman–Crippen LogP) is 3.02. The summed E-state index contributed by atoms with van der Waals surface area (Å²) in [6.07, 6.45) is 2.96. The van der Waals surface area contributed by atoms with E-state index in [1.165, 1.54) is 19.2 Å². The number of rotatable bonds is 4. The SMILES string of the molecule is CNC(=O)c1ccc(N2CCN([C@H]3CC[C@@H](c4cc5ccc(F)cc5c(=O)[nH]4)C3)CC2)c(F)n1. The molecule has 9 heteroatoms. The van der Waals surface area contributed by atoms with Crippen molar-refractivity contribution in [2.45, 2.75) is 31.2 Å². The van der Waals surface area contributed by atoms with Gasteiger partial charge < -0.3 is 15.2 Å². The molecule has 3 heterocycles. The Morgan fingerprint density at radius 3 is 2.62 bits per heavy atom. The topological polar surface area (TPSA) is 81.3 Å². The van der Waals surface area contributed by atoms with Crippen LogP contribution >= 0.6 is 0 Å². The van der Waals surface area contributed by atoms with E-state index in [9.17, 15) is 18.4 Å². The van der Waals surface area contributed by atoms with Crippen LogP contribution in [0.25, 0.3) is 10.8 Å². The fourth-order valence-corrected chi connectivity index (χ4v) is 5.29. The number of aromatic nitrogens is 2. The lowest BCUT2D eigenvalue weighted by Crippen LogP contribution is -2.50. The highest BCUT2D eigenvalue weighted by Crippen LogP contribution is 2.37. The highest BCUT2D eigenvalue weighted by molar-refractivity contribution is 5.92. The molecule has 2 aliphatic rings. The fraction of sp³-hybridized carbons (Fsp3) is 0.400. The Bertz CT molecular complexity index is 1290. The van der Waals surface area contributed by atoms with Crippen LogP contribution < -0.4 is 15.8 Å². The molecule has 34 heavy (non-hydrogen) atoms. The van der Waals surface area contributed by atoms with Gasteiger partial charge in [-0.15, -0.1) is 0 Å². The number of piperazine rings is 1. The van der Waals surface area contributed by atoms with Crippen LogP contribution in [0.2, 0.25) is 0 Å². The first-order valence-electron chi connectivity index (χ1n) is 11.6. The van der Waals surface area contributed by atoms with Crippen LogP contribution in [0.4, 0.5) is 14.5 Å². The predicted molar refractivity (Wildman–Crippen MR) is 126 cm³/mol. The molecule has 0 spiro atoms. The summed E-state index contributed by atoms with van der Waals surface area (Å²) in [6, 6.07) is 9.86. The van der Waals surface area contributed by atoms with E-state index >= 15 is 0 Å². The van der Waals surface area contributed by atoms with Gasteiger partial charge in [0.05, 0.1) is 5.69 Å². The summed E-state index contributed by atoms with van der Waals surface area (Å²) in [5.41, 5.74) is 1.15. The normalized spacial score (nSPS) is 21.2. The molecule has 3 aromatic rings. The van der Waals surface area contributed by atoms with E-state index in [1.807, 2.05) is 11.0 Å². The number of H-pyrrole nitrogens is 1. The standard InChI is InChI=1S/C25H27F2N5O2/c1-28-25(34)20-6-7-22(23(27)29-20)32-10-8-31(9-11-32)18-5-3-16(12-18)21-13-15-2-4-17(26)14-19(15)24(33)30-21/h2,4,6-7,13-14,16,18H,3,5,8-12H2,1H3,(H,28,34)(H,30,33)/t16-,18+/m1/s1. The van der Waals surface area contributed by atoms with E-state index in [-0.39, 0.29) is 17.2 Å². The van der Waals surface area contributed by atoms with Crippen LogP contribution in [0.1, 0.15) is 41.4 Å². The zero-order valence-corrected chi connectivity index (χ0v) is 19.0. The minimum atomic E-state index is -0.629. The Morgan fingerprint density at radius 2 is 1.88 bits per heavy atom. The Hall–Kier alpha value is -3.33. The first kappa shape index (κ1) is 22.5. The summed E-state index contributed by atoms with van der Waals surface area (Å²) in [5, 5.41) is 3.58. The summed E-state index contributed by atoms with van der Waals surface area (Å²) >= 11 is 0. The Morgan fingerprint density at radius 1 is 1.09 bits per heavy atom. The quantitative estimate of drug-likeness (QED) is 0.577. The third-order valence-corrected chi connectivity index (χ3v) is 7.13. The Kier molecular flexibility index (Phi) is 6.03. The highest BCUT2D eigenvalue weighted by Gasteiger charge is 2.33. The summed E-state index contributed by atoms with van der Waals surface area (Å²) in [6.45, 7) is 2.97. The van der Waals surface area contributed by atoms with Crippen molar-refractivity contribution < 1.29 is 13.6 Å². The summed E-state index contributed by atoms with van der Waals surface area (Å²) in [4.78, 5) is 35.3. The van der Waals surface area contributed by atoms with Gasteiger partial charge in [-0.2, -0.15) is 4.39 Å². The van der Waals surface area contributed by atoms with E-state index in [2.05, 4.69) is 20.2 Å². The second-order valence-corrected chi connectivity index (χ2v) is 9.06. The Balaban J connectivity index is 1.22. The molecule has 2 N–H and O–H groups in total. The molecular weight excluding hydrogens is 440 g/mol. The smallest absolute Gasteiger partial charge is 0.269 e. The molecule has 0 radical (unpaired) electrons. The van der Waals surface area contributed by atoms with Crippen molar-refractivity contribution in [3.8, 4) is 0 Å². The molecular formula is C25H27F2N5O2. The largest absolute Gasteiger partial charge is 0.365 e. The fourth-order valence-electron chi connectivity index (χ4n) is 5.29. The number of anilines is 1. The van der Waals surface area contributed by atoms with Crippen LogP contribution in [0, 0.1) is 11.8 Å². The molecule has 1 aliphatic carbocycles. The van der Waals surface area contributed by atoms with Crippen molar-refractivity contribution >= 4 is 22.4 Å². The van der Waals surface area contributed by atoms with E-state index in [0.717, 1.165) is 43.4 Å². The van der Waals surface area contributed by atoms with Gasteiger partial charge in [0.15, 0.2) is 0 Å². The molecule has 1 saturated heterocycles. The Labute approximate surface area is 195 Å². The third-order valence-electron chi connectivity index (χ3n) is 7.13. The van der Waals surface area contributed by atoms with Crippen molar-refractivity contribution in [1.82, 2.24) is 20.2 Å². The molecule has 2 atom stereocenters. The number of amides is 1. The van der Waals surface area contributed by atoms with Crippen LogP contribution in [-0.2, 0) is 0 Å². The third kappa shape index (κ3) is 4.27. The molecule has 1 aliphatic heterocycles. The lowest BCUT2D eigenvalue weighted by Gasteiger charge is -2.39. The van der Waals surface area contributed by atoms with Crippen molar-refractivity contribution in [2.75, 3.05) is 38.1 Å². The van der Waals surface area contributed by atoms with E-state index < -0.39 is 17.7 Å². The first-order chi connectivity index (χ1) is 16.4. The van der Waals surface area contributed by atoms with E-state index in [4.69, 9.17) is 0 Å². The number of nitrogens with zero attached hydrogens (tertiary/aromatic N) is 3. The molecule has 2 aromatic heterocycles. The van der Waals surface area contributed by atoms with Crippen LogP contribution in [0.3, 0.4) is 0 Å². The zero-order chi connectivity index (χ0) is 23.8. The maximum absolute atomic E-state index is 14.5. The number of hydrogen-bond acceptors (Lipinski definition) is 5. The van der Waals surface area contributed by atoms with Crippen molar-refractivity contribution in [3.05, 3.63) is 69.9 Å². The van der Waals surface area contributed by atoms with Crippen molar-refractivity contribution in [3.63, 3.8) is 0 Å². The van der Waals surface area contributed by atoms with Gasteiger partial charge in [-0.25, -0.2) is 9.37 Å². The summed E-state index contributed by atoms with van der Waals surface area (Å²) < 4.78 is 28.0. The second kappa shape index (κ2) is 9.13. The number of aromatic amines is 1. The molecule has 178 valence electrons. The molecule has 0 unspecified atom stereocenters. The highest BCUT2D eigenvalue weighted by atomic mass is 19.1. The van der Waals surface area contributed by atoms with Gasteiger partial charge in [0.1, 0.15) is 11.5 Å². The van der Waals surface area contributed by atoms with Crippen LogP contribution in [0.15, 0.2) is 41.2 Å². The molecule has 2 fully saturated rings. The number of hydrogen-bond donors (Lipinski definition) is 2. The molecule has 0 bridgehead atoms. The van der Waals surface area contributed by atoms with Crippen molar-refractivity contribution in [1.29, 1.82) is 0 Å². The average molecular weight is 468 g/mol. The maximum atomic E-state index is 14.5. The first-order valence-corrected chi connectivity index (χ1v) is 11.6. The van der Waals surface area contributed by atoms with Gasteiger partial charge >= 0.3 is 0 Å². The number of carbonyl (C=O) groups is 1. The monoisotopic (exact) mass is 467 g/mol. The van der Waals surface area contributed by atoms with Gasteiger partial charge in [0.2, 0.25) is 5.95 Å². The van der Waals surface area contributed by atoms with Gasteiger partial charge in [0.25, 0.3) is 11.5 Å². The molecule has 1 aromatic carbocycles. The van der Waals surface area contributed by atoms with Crippen LogP contribution in [-0.4, -0.2) is 60.0 Å². The van der Waals surface area contributed by atoms with E-state index in [0.29, 0.717) is 30.2 Å². The van der Waals surface area contributed by atoms with Gasteiger partial charge in [-0.3, -0.25) is 14.5 Å². The van der Waals surface area contributed by atoms with Gasteiger partial charge in [-0.05, 0) is 55.0 Å². The zero-order valence-electron chi connectivity index (χ0n) is 19.0. The summed E-state index contributed by atoms with van der Waals surface area (Å²) in [7, 11) is 1.49. The number of pyridine rings is 2. The lowest BCUT2D eigenvalue weighted by atomic mass is 10.0. The summed E-state index contributed by atoms with van der Waals surface area (Å²) in [5.74, 6) is -1.20. The molecule has 7 nitrogen and oxygen atoms in total. The number of nitrogens with one attached hydrogen (secondary N) is 2. The number of fused-ring (bicyclic) bond motifs is 1. The minimum Gasteiger partial charge on any atom is -0.365 e. The second-order valence-electron chi connectivity index (χ2n) is 9.06. The maximum Gasteiger partial charge on any atom is 0.269 e. The van der Waals surface area contributed by atoms with Crippen LogP contribution in [0.5, 0.6) is 0 Å². The molecule has 1 amide bonds. The number of halogens is 2.